The average molecular weight is 286 g/mol. The molecule has 5 heteroatoms. The van der Waals surface area contributed by atoms with Crippen LogP contribution in [0.15, 0.2) is 23.7 Å². The summed E-state index contributed by atoms with van der Waals surface area (Å²) in [5.41, 5.74) is 3.90. The summed E-state index contributed by atoms with van der Waals surface area (Å²) in [5, 5.41) is 0. The standard InChI is InChI=1S/C10H8BrNO2S/c11-8(4-14-6-13)7-2-1-3-9-10(7)15-5-12-9/h1-3,5-6,8H,4H2. The number of fused-ring (bicyclic) bond motifs is 1. The Hall–Kier alpha value is -0.940. The molecular weight excluding hydrogens is 278 g/mol. The summed E-state index contributed by atoms with van der Waals surface area (Å²) in [7, 11) is 0. The van der Waals surface area contributed by atoms with Gasteiger partial charge in [-0.15, -0.1) is 11.3 Å². The molecule has 0 amide bonds. The van der Waals surface area contributed by atoms with E-state index in [1.54, 1.807) is 11.3 Å². The predicted molar refractivity (Wildman–Crippen MR) is 63.3 cm³/mol. The fourth-order valence-corrected chi connectivity index (χ4v) is 2.91. The molecule has 0 fully saturated rings. The minimum absolute atomic E-state index is 0.0202. The van der Waals surface area contributed by atoms with Gasteiger partial charge in [-0.2, -0.15) is 0 Å². The van der Waals surface area contributed by atoms with Crippen LogP contribution in [-0.2, 0) is 9.53 Å². The Morgan fingerprint density at radius 3 is 3.27 bits per heavy atom. The summed E-state index contributed by atoms with van der Waals surface area (Å²) in [6, 6.07) is 5.93. The van der Waals surface area contributed by atoms with Crippen LogP contribution in [0, 0.1) is 0 Å². The molecule has 78 valence electrons. The first kappa shape index (κ1) is 10.6. The number of thiazole rings is 1. The van der Waals surface area contributed by atoms with Crippen LogP contribution in [0.5, 0.6) is 0 Å². The van der Waals surface area contributed by atoms with E-state index in [4.69, 9.17) is 4.74 Å². The Morgan fingerprint density at radius 1 is 1.60 bits per heavy atom. The molecule has 0 saturated carbocycles. The van der Waals surface area contributed by atoms with Crippen LogP contribution in [0.25, 0.3) is 10.2 Å². The van der Waals surface area contributed by atoms with Crippen molar-refractivity contribution >= 4 is 44.0 Å². The largest absolute Gasteiger partial charge is 0.466 e. The first-order chi connectivity index (χ1) is 7.33. The highest BCUT2D eigenvalue weighted by molar-refractivity contribution is 9.09. The van der Waals surface area contributed by atoms with Gasteiger partial charge in [-0.05, 0) is 11.6 Å². The topological polar surface area (TPSA) is 39.2 Å². The monoisotopic (exact) mass is 285 g/mol. The third kappa shape index (κ3) is 2.18. The van der Waals surface area contributed by atoms with Crippen LogP contribution in [-0.4, -0.2) is 18.1 Å². The molecule has 0 saturated heterocycles. The number of aromatic nitrogens is 1. The van der Waals surface area contributed by atoms with Gasteiger partial charge < -0.3 is 4.74 Å². The summed E-state index contributed by atoms with van der Waals surface area (Å²) in [6.07, 6.45) is 0. The van der Waals surface area contributed by atoms with Gasteiger partial charge in [0.2, 0.25) is 0 Å². The molecule has 0 aliphatic carbocycles. The SMILES string of the molecule is O=COCC(Br)c1cccc2ncsc12. The lowest BCUT2D eigenvalue weighted by atomic mass is 10.1. The maximum absolute atomic E-state index is 10.1. The number of ether oxygens (including phenoxy) is 1. The summed E-state index contributed by atoms with van der Waals surface area (Å²) < 4.78 is 5.87. The molecular formula is C10H8BrNO2S. The summed E-state index contributed by atoms with van der Waals surface area (Å²) in [5.74, 6) is 0. The van der Waals surface area contributed by atoms with Gasteiger partial charge in [0.25, 0.3) is 6.47 Å². The normalized spacial score (nSPS) is 12.6. The quantitative estimate of drug-likeness (QED) is 0.641. The summed E-state index contributed by atoms with van der Waals surface area (Å²) >= 11 is 5.08. The third-order valence-corrected chi connectivity index (χ3v) is 3.68. The maximum Gasteiger partial charge on any atom is 0.293 e. The molecule has 0 N–H and O–H groups in total. The molecule has 1 unspecified atom stereocenters. The number of nitrogens with zero attached hydrogens (tertiary/aromatic N) is 1. The minimum Gasteiger partial charge on any atom is -0.466 e. The molecule has 0 spiro atoms. The molecule has 15 heavy (non-hydrogen) atoms. The zero-order valence-electron chi connectivity index (χ0n) is 7.72. The Labute approximate surface area is 99.2 Å². The van der Waals surface area contributed by atoms with Crippen molar-refractivity contribution < 1.29 is 9.53 Å². The smallest absolute Gasteiger partial charge is 0.293 e. The van der Waals surface area contributed by atoms with Crippen molar-refractivity contribution in [3.8, 4) is 0 Å². The van der Waals surface area contributed by atoms with Gasteiger partial charge in [0.05, 0.1) is 20.6 Å². The lowest BCUT2D eigenvalue weighted by Crippen LogP contribution is -2.00. The molecule has 2 rings (SSSR count). The number of halogens is 1. The van der Waals surface area contributed by atoms with Crippen molar-refractivity contribution in [2.75, 3.05) is 6.61 Å². The molecule has 1 aromatic carbocycles. The molecule has 0 aliphatic rings. The van der Waals surface area contributed by atoms with E-state index < -0.39 is 0 Å². The van der Waals surface area contributed by atoms with Gasteiger partial charge in [0.1, 0.15) is 6.61 Å². The van der Waals surface area contributed by atoms with Crippen molar-refractivity contribution in [2.24, 2.45) is 0 Å². The van der Waals surface area contributed by atoms with Crippen molar-refractivity contribution in [3.05, 3.63) is 29.3 Å². The Bertz CT molecular complexity index is 471. The van der Waals surface area contributed by atoms with Gasteiger partial charge in [0.15, 0.2) is 0 Å². The van der Waals surface area contributed by atoms with Gasteiger partial charge in [0, 0.05) is 0 Å². The van der Waals surface area contributed by atoms with Crippen molar-refractivity contribution in [1.29, 1.82) is 0 Å². The van der Waals surface area contributed by atoms with Crippen molar-refractivity contribution in [2.45, 2.75) is 4.83 Å². The molecule has 1 aromatic heterocycles. The third-order valence-electron chi connectivity index (χ3n) is 2.04. The van der Waals surface area contributed by atoms with Crippen molar-refractivity contribution in [1.82, 2.24) is 4.98 Å². The molecule has 0 bridgehead atoms. The van der Waals surface area contributed by atoms with Gasteiger partial charge in [-0.25, -0.2) is 4.98 Å². The van der Waals surface area contributed by atoms with E-state index in [2.05, 4.69) is 20.9 Å². The van der Waals surface area contributed by atoms with E-state index >= 15 is 0 Å². The van der Waals surface area contributed by atoms with E-state index in [9.17, 15) is 4.79 Å². The zero-order valence-corrected chi connectivity index (χ0v) is 10.1. The van der Waals surface area contributed by atoms with E-state index in [-0.39, 0.29) is 4.83 Å². The van der Waals surface area contributed by atoms with Gasteiger partial charge in [-0.1, -0.05) is 28.1 Å². The summed E-state index contributed by atoms with van der Waals surface area (Å²) in [6.45, 7) is 0.793. The van der Waals surface area contributed by atoms with Crippen LogP contribution >= 0.6 is 27.3 Å². The van der Waals surface area contributed by atoms with E-state index in [1.165, 1.54) is 0 Å². The van der Waals surface area contributed by atoms with E-state index in [0.29, 0.717) is 13.1 Å². The fourth-order valence-electron chi connectivity index (χ4n) is 1.37. The Kier molecular flexibility index (Phi) is 3.33. The van der Waals surface area contributed by atoms with E-state index in [1.807, 2.05) is 23.7 Å². The van der Waals surface area contributed by atoms with Crippen LogP contribution in [0.2, 0.25) is 0 Å². The molecule has 2 aromatic rings. The van der Waals surface area contributed by atoms with Gasteiger partial charge in [-0.3, -0.25) is 4.79 Å². The minimum atomic E-state index is 0.0202. The highest BCUT2D eigenvalue weighted by Crippen LogP contribution is 2.31. The first-order valence-corrected chi connectivity index (χ1v) is 6.14. The van der Waals surface area contributed by atoms with E-state index in [0.717, 1.165) is 15.8 Å². The number of benzene rings is 1. The molecule has 3 nitrogen and oxygen atoms in total. The lowest BCUT2D eigenvalue weighted by molar-refractivity contribution is -0.128. The van der Waals surface area contributed by atoms with Gasteiger partial charge >= 0.3 is 0 Å². The number of hydrogen-bond donors (Lipinski definition) is 0. The second-order valence-electron chi connectivity index (χ2n) is 2.94. The predicted octanol–water partition coefficient (Wildman–Crippen LogP) is 2.91. The second-order valence-corrected chi connectivity index (χ2v) is 4.91. The summed E-state index contributed by atoms with van der Waals surface area (Å²) in [4.78, 5) is 14.4. The molecule has 0 radical (unpaired) electrons. The number of alkyl halides is 1. The highest BCUT2D eigenvalue weighted by Gasteiger charge is 2.12. The van der Waals surface area contributed by atoms with Crippen molar-refractivity contribution in [3.63, 3.8) is 0 Å². The number of rotatable bonds is 4. The first-order valence-electron chi connectivity index (χ1n) is 4.34. The Balaban J connectivity index is 2.33. The Morgan fingerprint density at radius 2 is 2.47 bits per heavy atom. The average Bonchev–Trinajstić information content (AvgIpc) is 2.73. The molecule has 1 heterocycles. The lowest BCUT2D eigenvalue weighted by Gasteiger charge is -2.09. The van der Waals surface area contributed by atoms with Crippen LogP contribution < -0.4 is 0 Å². The second kappa shape index (κ2) is 4.72. The number of carbonyl (C=O) groups is 1. The zero-order chi connectivity index (χ0) is 10.7. The molecule has 1 atom stereocenters. The highest BCUT2D eigenvalue weighted by atomic mass is 79.9. The maximum atomic E-state index is 10.1. The fraction of sp³-hybridized carbons (Fsp3) is 0.200. The van der Waals surface area contributed by atoms with Crippen LogP contribution in [0.1, 0.15) is 10.4 Å². The van der Waals surface area contributed by atoms with Crippen LogP contribution in [0.3, 0.4) is 0 Å². The molecule has 0 aliphatic heterocycles. The number of carbonyl (C=O) groups excluding carboxylic acids is 1. The number of hydrogen-bond acceptors (Lipinski definition) is 4. The van der Waals surface area contributed by atoms with Crippen LogP contribution in [0.4, 0.5) is 0 Å².